The molecule has 3 aromatic carbocycles. The van der Waals surface area contributed by atoms with E-state index < -0.39 is 0 Å². The molecule has 0 bridgehead atoms. The maximum absolute atomic E-state index is 12.0. The zero-order valence-corrected chi connectivity index (χ0v) is 16.7. The average molecular weight is 413 g/mol. The lowest BCUT2D eigenvalue weighted by atomic mass is 10.0. The van der Waals surface area contributed by atoms with Gasteiger partial charge in [0.05, 0.1) is 10.7 Å². The summed E-state index contributed by atoms with van der Waals surface area (Å²) in [6.45, 7) is 1.62. The molecule has 0 unspecified atom stereocenters. The summed E-state index contributed by atoms with van der Waals surface area (Å²) in [6, 6.07) is 22.9. The molecule has 0 fully saturated rings. The van der Waals surface area contributed by atoms with E-state index in [0.29, 0.717) is 21.5 Å². The lowest BCUT2D eigenvalue weighted by molar-refractivity contribution is -0.123. The van der Waals surface area contributed by atoms with Crippen LogP contribution in [0.15, 0.2) is 77.9 Å². The summed E-state index contributed by atoms with van der Waals surface area (Å²) < 4.78 is 5.38. The molecule has 0 radical (unpaired) electrons. The van der Waals surface area contributed by atoms with E-state index in [-0.39, 0.29) is 12.5 Å². The molecule has 3 rings (SSSR count). The van der Waals surface area contributed by atoms with Crippen molar-refractivity contribution in [3.05, 3.63) is 88.4 Å². The van der Waals surface area contributed by atoms with Crippen LogP contribution in [0, 0.1) is 0 Å². The van der Waals surface area contributed by atoms with Gasteiger partial charge in [0.2, 0.25) is 0 Å². The minimum Gasteiger partial charge on any atom is -0.482 e. The number of nitrogens with one attached hydrogen (secondary N) is 1. The highest BCUT2D eigenvalue weighted by Gasteiger charge is 2.07. The van der Waals surface area contributed by atoms with Crippen molar-refractivity contribution in [3.8, 4) is 16.9 Å². The molecule has 3 aromatic rings. The second-order valence-electron chi connectivity index (χ2n) is 6.04. The van der Waals surface area contributed by atoms with Gasteiger partial charge in [-0.25, -0.2) is 5.43 Å². The van der Waals surface area contributed by atoms with Crippen LogP contribution >= 0.6 is 23.2 Å². The van der Waals surface area contributed by atoms with Gasteiger partial charge in [0.15, 0.2) is 6.61 Å². The number of carbonyl (C=O) groups excluding carboxylic acids is 1. The number of hydrogen-bond acceptors (Lipinski definition) is 3. The van der Waals surface area contributed by atoms with Crippen molar-refractivity contribution >= 4 is 34.8 Å². The normalized spacial score (nSPS) is 11.2. The summed E-state index contributed by atoms with van der Waals surface area (Å²) >= 11 is 11.8. The van der Waals surface area contributed by atoms with Gasteiger partial charge in [-0.3, -0.25) is 4.79 Å². The van der Waals surface area contributed by atoms with Gasteiger partial charge >= 0.3 is 0 Å². The van der Waals surface area contributed by atoms with E-state index in [1.807, 2.05) is 49.4 Å². The highest BCUT2D eigenvalue weighted by molar-refractivity contribution is 6.35. The van der Waals surface area contributed by atoms with E-state index in [9.17, 15) is 4.79 Å². The van der Waals surface area contributed by atoms with E-state index in [0.717, 1.165) is 16.7 Å². The number of benzene rings is 3. The molecule has 28 heavy (non-hydrogen) atoms. The third-order valence-corrected chi connectivity index (χ3v) is 4.54. The second-order valence-corrected chi connectivity index (χ2v) is 6.88. The molecule has 4 nitrogen and oxygen atoms in total. The average Bonchev–Trinajstić information content (AvgIpc) is 2.72. The number of halogens is 2. The third-order valence-electron chi connectivity index (χ3n) is 4.01. The summed E-state index contributed by atoms with van der Waals surface area (Å²) in [6.07, 6.45) is 0. The smallest absolute Gasteiger partial charge is 0.277 e. The summed E-state index contributed by atoms with van der Waals surface area (Å²) in [4.78, 5) is 12.0. The fourth-order valence-corrected chi connectivity index (χ4v) is 2.98. The van der Waals surface area contributed by atoms with Crippen LogP contribution in [0.1, 0.15) is 12.5 Å². The minimum absolute atomic E-state index is 0.203. The highest BCUT2D eigenvalue weighted by Crippen LogP contribution is 2.27. The standard InChI is InChI=1S/C22H18Cl2N2O2/c1-15(16-7-9-18(10-8-16)17-5-3-2-4-6-17)25-26-22(27)14-28-21-12-11-19(23)13-20(21)24/h2-13H,14H2,1H3,(H,26,27)/b25-15+. The molecule has 0 saturated heterocycles. The van der Waals surface area contributed by atoms with Crippen LogP contribution < -0.4 is 10.2 Å². The lowest BCUT2D eigenvalue weighted by Gasteiger charge is -2.08. The minimum atomic E-state index is -0.383. The maximum Gasteiger partial charge on any atom is 0.277 e. The topological polar surface area (TPSA) is 50.7 Å². The molecule has 0 aliphatic heterocycles. The Hall–Kier alpha value is -2.82. The number of hydrazone groups is 1. The number of carbonyl (C=O) groups is 1. The van der Waals surface area contributed by atoms with Gasteiger partial charge in [0, 0.05) is 5.02 Å². The third kappa shape index (κ3) is 5.35. The van der Waals surface area contributed by atoms with Gasteiger partial charge in [-0.1, -0.05) is 77.8 Å². The summed E-state index contributed by atoms with van der Waals surface area (Å²) in [5, 5.41) is 4.97. The second kappa shape index (κ2) is 9.40. The number of rotatable bonds is 6. The molecule has 0 saturated carbocycles. The van der Waals surface area contributed by atoms with Crippen LogP contribution in [-0.4, -0.2) is 18.2 Å². The zero-order chi connectivity index (χ0) is 19.9. The van der Waals surface area contributed by atoms with E-state index >= 15 is 0 Å². The Kier molecular flexibility index (Phi) is 6.69. The van der Waals surface area contributed by atoms with E-state index in [1.54, 1.807) is 18.2 Å². The lowest BCUT2D eigenvalue weighted by Crippen LogP contribution is -2.25. The first-order valence-corrected chi connectivity index (χ1v) is 9.35. The molecule has 0 aromatic heterocycles. The predicted octanol–water partition coefficient (Wildman–Crippen LogP) is 5.58. The van der Waals surface area contributed by atoms with Crippen molar-refractivity contribution in [1.29, 1.82) is 0 Å². The number of ether oxygens (including phenoxy) is 1. The Bertz CT molecular complexity index is 987. The zero-order valence-electron chi connectivity index (χ0n) is 15.2. The van der Waals surface area contributed by atoms with E-state index in [2.05, 4.69) is 22.7 Å². The highest BCUT2D eigenvalue weighted by atomic mass is 35.5. The Morgan fingerprint density at radius 2 is 1.64 bits per heavy atom. The van der Waals surface area contributed by atoms with Crippen LogP contribution in [0.3, 0.4) is 0 Å². The number of amides is 1. The molecule has 0 spiro atoms. The first kappa shape index (κ1) is 19.9. The van der Waals surface area contributed by atoms with Crippen LogP contribution in [0.5, 0.6) is 5.75 Å². The van der Waals surface area contributed by atoms with Crippen LogP contribution in [0.25, 0.3) is 11.1 Å². The molecule has 0 heterocycles. The molecule has 6 heteroatoms. The molecule has 0 aliphatic rings. The Morgan fingerprint density at radius 3 is 2.32 bits per heavy atom. The van der Waals surface area contributed by atoms with Gasteiger partial charge < -0.3 is 4.74 Å². The molecule has 0 atom stereocenters. The fourth-order valence-electron chi connectivity index (χ4n) is 2.51. The number of hydrogen-bond donors (Lipinski definition) is 1. The SMILES string of the molecule is C/C(=N\NC(=O)COc1ccc(Cl)cc1Cl)c1ccc(-c2ccccc2)cc1. The Balaban J connectivity index is 1.56. The van der Waals surface area contributed by atoms with Gasteiger partial charge in [-0.2, -0.15) is 5.10 Å². The van der Waals surface area contributed by atoms with Crippen molar-refractivity contribution in [3.63, 3.8) is 0 Å². The summed E-state index contributed by atoms with van der Waals surface area (Å²) in [7, 11) is 0. The molecule has 142 valence electrons. The predicted molar refractivity (Wildman–Crippen MR) is 114 cm³/mol. The van der Waals surface area contributed by atoms with Crippen molar-refractivity contribution in [1.82, 2.24) is 5.43 Å². The number of nitrogens with zero attached hydrogens (tertiary/aromatic N) is 1. The van der Waals surface area contributed by atoms with Crippen LogP contribution in [0.2, 0.25) is 10.0 Å². The molecule has 0 aliphatic carbocycles. The summed E-state index contributed by atoms with van der Waals surface area (Å²) in [5.74, 6) is 0.00434. The first-order chi connectivity index (χ1) is 13.5. The van der Waals surface area contributed by atoms with Crippen molar-refractivity contribution < 1.29 is 9.53 Å². The van der Waals surface area contributed by atoms with Gasteiger partial charge in [-0.05, 0) is 41.8 Å². The molecular weight excluding hydrogens is 395 g/mol. The summed E-state index contributed by atoms with van der Waals surface area (Å²) in [5.41, 5.74) is 6.36. The van der Waals surface area contributed by atoms with E-state index in [4.69, 9.17) is 27.9 Å². The van der Waals surface area contributed by atoms with Gasteiger partial charge in [0.1, 0.15) is 5.75 Å². The first-order valence-electron chi connectivity index (χ1n) is 8.60. The Morgan fingerprint density at radius 1 is 0.964 bits per heavy atom. The van der Waals surface area contributed by atoms with Crippen molar-refractivity contribution in [2.45, 2.75) is 6.92 Å². The van der Waals surface area contributed by atoms with E-state index in [1.165, 1.54) is 0 Å². The monoisotopic (exact) mass is 412 g/mol. The van der Waals surface area contributed by atoms with Gasteiger partial charge in [0.25, 0.3) is 5.91 Å². The van der Waals surface area contributed by atoms with Crippen LogP contribution in [0.4, 0.5) is 0 Å². The molecule has 1 amide bonds. The quantitative estimate of drug-likeness (QED) is 0.424. The van der Waals surface area contributed by atoms with Gasteiger partial charge in [-0.15, -0.1) is 0 Å². The largest absolute Gasteiger partial charge is 0.482 e. The Labute approximate surface area is 173 Å². The van der Waals surface area contributed by atoms with Crippen LogP contribution in [-0.2, 0) is 4.79 Å². The molecule has 1 N–H and O–H groups in total. The van der Waals surface area contributed by atoms with Crippen molar-refractivity contribution in [2.24, 2.45) is 5.10 Å². The van der Waals surface area contributed by atoms with Crippen molar-refractivity contribution in [2.75, 3.05) is 6.61 Å². The maximum atomic E-state index is 12.0. The fraction of sp³-hybridized carbons (Fsp3) is 0.0909. The molecular formula is C22H18Cl2N2O2.